The fourth-order valence-electron chi connectivity index (χ4n) is 5.03. The van der Waals surface area contributed by atoms with Crippen LogP contribution in [0.2, 0.25) is 5.02 Å². The molecular formula is C29H23ClN2O6S. The number of nitrogens with zero attached hydrogens (tertiary/aromatic N) is 2. The molecule has 2 N–H and O–H groups in total. The number of fused-ring (bicyclic) bond motifs is 2. The van der Waals surface area contributed by atoms with E-state index in [1.54, 1.807) is 55.5 Å². The maximum atomic E-state index is 13.6. The van der Waals surface area contributed by atoms with Crippen molar-refractivity contribution in [2.75, 3.05) is 11.5 Å². The molecule has 0 aliphatic carbocycles. The zero-order valence-corrected chi connectivity index (χ0v) is 22.5. The summed E-state index contributed by atoms with van der Waals surface area (Å²) in [6.45, 7) is 4.03. The molecule has 2 aliphatic heterocycles. The summed E-state index contributed by atoms with van der Waals surface area (Å²) < 4.78 is 12.1. The summed E-state index contributed by atoms with van der Waals surface area (Å²) in [5.41, 5.74) is 2.30. The lowest BCUT2D eigenvalue weighted by Gasteiger charge is -2.23. The fourth-order valence-corrected chi connectivity index (χ4v) is 6.30. The van der Waals surface area contributed by atoms with Gasteiger partial charge in [-0.15, -0.1) is 0 Å². The second-order valence-electron chi connectivity index (χ2n) is 9.39. The van der Waals surface area contributed by atoms with E-state index in [2.05, 4.69) is 4.98 Å². The minimum atomic E-state index is -1.02. The van der Waals surface area contributed by atoms with E-state index in [9.17, 15) is 19.8 Å². The number of halogens is 1. The highest BCUT2D eigenvalue weighted by atomic mass is 35.5. The molecule has 0 saturated carbocycles. The molecule has 1 amide bonds. The van der Waals surface area contributed by atoms with E-state index in [1.807, 2.05) is 6.92 Å². The number of Topliss-reactive ketones (excluding diaryl/α,β-unsaturated/α-hetero) is 1. The van der Waals surface area contributed by atoms with Gasteiger partial charge in [0, 0.05) is 17.0 Å². The Balaban J connectivity index is 1.55. The number of phenolic OH excluding ortho intramolecular Hbond substituents is 1. The van der Waals surface area contributed by atoms with E-state index in [1.165, 1.54) is 22.3 Å². The van der Waals surface area contributed by atoms with Crippen LogP contribution < -0.4 is 14.4 Å². The standard InChI is InChI=1S/C29H23ClN2O6S/c1-3-37-22-12-15(4-8-20(22)33)25-24(26(34)16-5-9-21-17(11-16)10-14(2)38-21)27(35)28(36)32(25)29-31-19-7-6-18(30)13-23(19)39-29/h4-9,11-14,25,33-34H,3,10H2,1-2H3/b26-24+/t14-,25+/m1/s1. The Kier molecular flexibility index (Phi) is 6.20. The van der Waals surface area contributed by atoms with Crippen molar-refractivity contribution in [2.45, 2.75) is 32.4 Å². The molecule has 0 radical (unpaired) electrons. The summed E-state index contributed by atoms with van der Waals surface area (Å²) in [6, 6.07) is 14.0. The maximum Gasteiger partial charge on any atom is 0.301 e. The van der Waals surface area contributed by atoms with Crippen LogP contribution in [-0.4, -0.2) is 39.6 Å². The summed E-state index contributed by atoms with van der Waals surface area (Å²) >= 11 is 7.38. The van der Waals surface area contributed by atoms with Gasteiger partial charge in [0.05, 0.1) is 28.4 Å². The van der Waals surface area contributed by atoms with E-state index < -0.39 is 17.7 Å². The van der Waals surface area contributed by atoms with E-state index >= 15 is 0 Å². The molecule has 6 rings (SSSR count). The van der Waals surface area contributed by atoms with Crippen molar-refractivity contribution in [3.05, 3.63) is 81.9 Å². The molecule has 2 aliphatic rings. The van der Waals surface area contributed by atoms with Crippen LogP contribution >= 0.6 is 22.9 Å². The van der Waals surface area contributed by atoms with Crippen LogP contribution in [0.3, 0.4) is 0 Å². The third kappa shape index (κ3) is 4.27. The van der Waals surface area contributed by atoms with Crippen molar-refractivity contribution in [3.63, 3.8) is 0 Å². The Bertz CT molecular complexity index is 1700. The lowest BCUT2D eigenvalue weighted by Crippen LogP contribution is -2.29. The van der Waals surface area contributed by atoms with Gasteiger partial charge < -0.3 is 19.7 Å². The van der Waals surface area contributed by atoms with Gasteiger partial charge >= 0.3 is 5.91 Å². The number of thiazole rings is 1. The van der Waals surface area contributed by atoms with Crippen molar-refractivity contribution >= 4 is 55.7 Å². The molecule has 8 nitrogen and oxygen atoms in total. The van der Waals surface area contributed by atoms with Crippen molar-refractivity contribution < 1.29 is 29.3 Å². The summed E-state index contributed by atoms with van der Waals surface area (Å²) in [6.07, 6.45) is 0.669. The van der Waals surface area contributed by atoms with Gasteiger partial charge in [-0.1, -0.05) is 29.0 Å². The number of aliphatic hydroxyl groups excluding tert-OH is 1. The Morgan fingerprint density at radius 1 is 1.18 bits per heavy atom. The molecule has 10 heteroatoms. The van der Waals surface area contributed by atoms with E-state index in [0.717, 1.165) is 16.0 Å². The number of aliphatic hydroxyl groups is 1. The largest absolute Gasteiger partial charge is 0.507 e. The van der Waals surface area contributed by atoms with E-state index in [0.29, 0.717) is 34.7 Å². The highest BCUT2D eigenvalue weighted by molar-refractivity contribution is 7.22. The molecule has 4 aromatic rings. The van der Waals surface area contributed by atoms with Gasteiger partial charge in [0.2, 0.25) is 0 Å². The lowest BCUT2D eigenvalue weighted by molar-refractivity contribution is -0.132. The zero-order chi connectivity index (χ0) is 27.4. The normalized spacial score (nSPS) is 19.9. The number of carbonyl (C=O) groups excluding carboxylic acids is 2. The van der Waals surface area contributed by atoms with Crippen molar-refractivity contribution in [1.29, 1.82) is 0 Å². The first-order valence-corrected chi connectivity index (χ1v) is 13.6. The van der Waals surface area contributed by atoms with Crippen LogP contribution in [0.15, 0.2) is 60.2 Å². The number of amides is 1. The van der Waals surface area contributed by atoms with Gasteiger partial charge in [-0.3, -0.25) is 14.5 Å². The minimum Gasteiger partial charge on any atom is -0.507 e. The number of aromatic hydroxyl groups is 1. The number of hydrogen-bond donors (Lipinski definition) is 2. The number of rotatable bonds is 5. The summed E-state index contributed by atoms with van der Waals surface area (Å²) in [5, 5.41) is 22.6. The molecule has 39 heavy (non-hydrogen) atoms. The summed E-state index contributed by atoms with van der Waals surface area (Å²) in [4.78, 5) is 33.0. The van der Waals surface area contributed by atoms with Gasteiger partial charge in [-0.2, -0.15) is 0 Å². The van der Waals surface area contributed by atoms with Crippen LogP contribution in [0, 0.1) is 0 Å². The number of anilines is 1. The first-order valence-electron chi connectivity index (χ1n) is 12.4. The third-order valence-electron chi connectivity index (χ3n) is 6.76. The lowest BCUT2D eigenvalue weighted by atomic mass is 9.94. The molecule has 1 saturated heterocycles. The molecule has 0 spiro atoms. The number of hydrogen-bond acceptors (Lipinski definition) is 8. The predicted molar refractivity (Wildman–Crippen MR) is 149 cm³/mol. The number of ether oxygens (including phenoxy) is 2. The predicted octanol–water partition coefficient (Wildman–Crippen LogP) is 6.00. The van der Waals surface area contributed by atoms with Crippen molar-refractivity contribution in [1.82, 2.24) is 4.98 Å². The first kappa shape index (κ1) is 25.2. The Labute approximate surface area is 232 Å². The highest BCUT2D eigenvalue weighted by Crippen LogP contribution is 2.46. The van der Waals surface area contributed by atoms with Crippen molar-refractivity contribution in [3.8, 4) is 17.2 Å². The van der Waals surface area contributed by atoms with Crippen LogP contribution in [0.1, 0.15) is 36.6 Å². The van der Waals surface area contributed by atoms with E-state index in [4.69, 9.17) is 21.1 Å². The molecule has 3 aromatic carbocycles. The molecular weight excluding hydrogens is 540 g/mol. The molecule has 2 atom stereocenters. The number of carbonyl (C=O) groups is 2. The van der Waals surface area contributed by atoms with Gasteiger partial charge in [0.15, 0.2) is 16.6 Å². The second kappa shape index (κ2) is 9.59. The zero-order valence-electron chi connectivity index (χ0n) is 21.0. The number of phenols is 1. The third-order valence-corrected chi connectivity index (χ3v) is 8.01. The van der Waals surface area contributed by atoms with Crippen LogP contribution in [0.5, 0.6) is 17.2 Å². The maximum absolute atomic E-state index is 13.6. The van der Waals surface area contributed by atoms with Crippen LogP contribution in [-0.2, 0) is 16.0 Å². The minimum absolute atomic E-state index is 0.00416. The topological polar surface area (TPSA) is 109 Å². The van der Waals surface area contributed by atoms with Gasteiger partial charge in [-0.05, 0) is 73.5 Å². The van der Waals surface area contributed by atoms with E-state index in [-0.39, 0.29) is 34.1 Å². The van der Waals surface area contributed by atoms with Crippen LogP contribution in [0.25, 0.3) is 16.0 Å². The molecule has 1 aromatic heterocycles. The average molecular weight is 563 g/mol. The molecule has 0 bridgehead atoms. The first-order chi connectivity index (χ1) is 18.7. The Morgan fingerprint density at radius 3 is 2.79 bits per heavy atom. The molecule has 0 unspecified atom stereocenters. The Morgan fingerprint density at radius 2 is 2.00 bits per heavy atom. The van der Waals surface area contributed by atoms with Crippen LogP contribution in [0.4, 0.5) is 5.13 Å². The molecule has 1 fully saturated rings. The fraction of sp³-hybridized carbons (Fsp3) is 0.207. The van der Waals surface area contributed by atoms with Gasteiger partial charge in [0.25, 0.3) is 5.78 Å². The summed E-state index contributed by atoms with van der Waals surface area (Å²) in [7, 11) is 0. The van der Waals surface area contributed by atoms with Gasteiger partial charge in [0.1, 0.15) is 17.6 Å². The average Bonchev–Trinajstić information content (AvgIpc) is 3.57. The van der Waals surface area contributed by atoms with Crippen molar-refractivity contribution in [2.24, 2.45) is 0 Å². The molecule has 198 valence electrons. The SMILES string of the molecule is CCOc1cc([C@H]2/C(=C(\O)c3ccc4c(c3)C[C@@H](C)O4)C(=O)C(=O)N2c2nc3ccc(Cl)cc3s2)ccc1O. The second-order valence-corrected chi connectivity index (χ2v) is 10.8. The Hall–Kier alpha value is -4.08. The number of benzene rings is 3. The quantitative estimate of drug-likeness (QED) is 0.174. The number of ketones is 1. The van der Waals surface area contributed by atoms with Gasteiger partial charge in [-0.25, -0.2) is 4.98 Å². The monoisotopic (exact) mass is 562 g/mol. The molecule has 3 heterocycles. The smallest absolute Gasteiger partial charge is 0.301 e. The highest BCUT2D eigenvalue weighted by Gasteiger charge is 2.48. The number of aromatic nitrogens is 1. The summed E-state index contributed by atoms with van der Waals surface area (Å²) in [5.74, 6) is -1.13.